The number of carbonyl (C=O) groups is 1. The van der Waals surface area contributed by atoms with Gasteiger partial charge in [0.1, 0.15) is 11.2 Å². The number of rotatable bonds is 1. The average Bonchev–Trinajstić information content (AvgIpc) is 2.00. The standard InChI is InChI=1S/C8H8Cl2O/c1-6-3-2-4-7(9)8(6,10)5-11/h2-6H,1H3. The molecule has 60 valence electrons. The number of hydrogen-bond donors (Lipinski definition) is 0. The molecule has 1 rings (SSSR count). The van der Waals surface area contributed by atoms with E-state index in [1.54, 1.807) is 12.2 Å². The van der Waals surface area contributed by atoms with E-state index < -0.39 is 4.87 Å². The summed E-state index contributed by atoms with van der Waals surface area (Å²) >= 11 is 11.7. The minimum Gasteiger partial charge on any atom is -0.301 e. The molecule has 1 aliphatic carbocycles. The van der Waals surface area contributed by atoms with E-state index in [1.807, 2.05) is 13.0 Å². The second-order valence-electron chi connectivity index (χ2n) is 2.57. The largest absolute Gasteiger partial charge is 0.301 e. The Morgan fingerprint density at radius 2 is 2.36 bits per heavy atom. The summed E-state index contributed by atoms with van der Waals surface area (Å²) in [4.78, 5) is 9.58. The van der Waals surface area contributed by atoms with Crippen LogP contribution in [0.4, 0.5) is 0 Å². The van der Waals surface area contributed by atoms with E-state index in [1.165, 1.54) is 0 Å². The Morgan fingerprint density at radius 1 is 1.73 bits per heavy atom. The van der Waals surface area contributed by atoms with Gasteiger partial charge in [-0.25, -0.2) is 0 Å². The van der Waals surface area contributed by atoms with Gasteiger partial charge in [0, 0.05) is 11.0 Å². The Bertz CT molecular complexity index is 232. The minimum atomic E-state index is -1.03. The molecule has 0 aromatic carbocycles. The maximum atomic E-state index is 10.6. The van der Waals surface area contributed by atoms with Gasteiger partial charge in [-0.05, 0) is 6.08 Å². The van der Waals surface area contributed by atoms with Gasteiger partial charge in [0.25, 0.3) is 0 Å². The lowest BCUT2D eigenvalue weighted by molar-refractivity contribution is -0.109. The van der Waals surface area contributed by atoms with Gasteiger partial charge in [-0.15, -0.1) is 11.6 Å². The fraction of sp³-hybridized carbons (Fsp3) is 0.375. The summed E-state index contributed by atoms with van der Waals surface area (Å²) in [7, 11) is 0. The summed E-state index contributed by atoms with van der Waals surface area (Å²) < 4.78 is 0. The van der Waals surface area contributed by atoms with Crippen molar-refractivity contribution in [3.05, 3.63) is 23.3 Å². The van der Waals surface area contributed by atoms with Gasteiger partial charge in [-0.2, -0.15) is 0 Å². The Hall–Kier alpha value is -0.270. The monoisotopic (exact) mass is 190 g/mol. The molecule has 0 N–H and O–H groups in total. The van der Waals surface area contributed by atoms with E-state index >= 15 is 0 Å². The zero-order valence-electron chi connectivity index (χ0n) is 6.05. The van der Waals surface area contributed by atoms with E-state index in [2.05, 4.69) is 0 Å². The molecular weight excluding hydrogens is 183 g/mol. The van der Waals surface area contributed by atoms with Crippen LogP contribution >= 0.6 is 23.2 Å². The van der Waals surface area contributed by atoms with Crippen molar-refractivity contribution in [3.8, 4) is 0 Å². The van der Waals surface area contributed by atoms with Gasteiger partial charge in [-0.1, -0.05) is 30.7 Å². The van der Waals surface area contributed by atoms with Crippen LogP contribution in [0.2, 0.25) is 0 Å². The molecule has 1 nitrogen and oxygen atoms in total. The molecule has 0 heterocycles. The van der Waals surface area contributed by atoms with Gasteiger partial charge >= 0.3 is 0 Å². The summed E-state index contributed by atoms with van der Waals surface area (Å²) in [6.07, 6.45) is 5.98. The lowest BCUT2D eigenvalue weighted by Crippen LogP contribution is -2.32. The smallest absolute Gasteiger partial charge is 0.146 e. The first kappa shape index (κ1) is 8.82. The number of allylic oxidation sites excluding steroid dienone is 4. The second-order valence-corrected chi connectivity index (χ2v) is 3.61. The molecule has 1 aliphatic rings. The first-order valence-corrected chi connectivity index (χ1v) is 4.06. The van der Waals surface area contributed by atoms with Gasteiger partial charge in [0.05, 0.1) is 0 Å². The van der Waals surface area contributed by atoms with E-state index in [-0.39, 0.29) is 5.92 Å². The number of aldehydes is 1. The predicted molar refractivity (Wildman–Crippen MR) is 46.9 cm³/mol. The highest BCUT2D eigenvalue weighted by molar-refractivity contribution is 6.45. The third-order valence-corrected chi connectivity index (χ3v) is 3.01. The van der Waals surface area contributed by atoms with Crippen molar-refractivity contribution in [1.29, 1.82) is 0 Å². The third-order valence-electron chi connectivity index (χ3n) is 1.84. The molecule has 0 aromatic heterocycles. The van der Waals surface area contributed by atoms with E-state index in [0.29, 0.717) is 11.3 Å². The summed E-state index contributed by atoms with van der Waals surface area (Å²) in [5.74, 6) is -0.0424. The van der Waals surface area contributed by atoms with E-state index in [4.69, 9.17) is 23.2 Å². The normalized spacial score (nSPS) is 36.6. The fourth-order valence-electron chi connectivity index (χ4n) is 0.956. The molecule has 0 saturated heterocycles. The molecule has 0 fully saturated rings. The molecule has 0 radical (unpaired) electrons. The van der Waals surface area contributed by atoms with Crippen LogP contribution in [0.15, 0.2) is 23.3 Å². The maximum absolute atomic E-state index is 10.6. The van der Waals surface area contributed by atoms with Crippen molar-refractivity contribution < 1.29 is 4.79 Å². The van der Waals surface area contributed by atoms with E-state index in [0.717, 1.165) is 0 Å². The highest BCUT2D eigenvalue weighted by Gasteiger charge is 2.37. The molecule has 0 amide bonds. The highest BCUT2D eigenvalue weighted by atomic mass is 35.5. The van der Waals surface area contributed by atoms with Crippen molar-refractivity contribution in [2.24, 2.45) is 5.92 Å². The molecule has 11 heavy (non-hydrogen) atoms. The van der Waals surface area contributed by atoms with Crippen molar-refractivity contribution in [3.63, 3.8) is 0 Å². The van der Waals surface area contributed by atoms with Crippen LogP contribution in [0.25, 0.3) is 0 Å². The summed E-state index contributed by atoms with van der Waals surface area (Å²) in [6.45, 7) is 1.85. The second kappa shape index (κ2) is 3.00. The van der Waals surface area contributed by atoms with E-state index in [9.17, 15) is 4.79 Å². The van der Waals surface area contributed by atoms with Crippen LogP contribution in [-0.4, -0.2) is 11.2 Å². The van der Waals surface area contributed by atoms with Crippen LogP contribution in [0, 0.1) is 5.92 Å². The average molecular weight is 191 g/mol. The molecule has 2 unspecified atom stereocenters. The molecule has 2 atom stereocenters. The van der Waals surface area contributed by atoms with Crippen molar-refractivity contribution in [2.45, 2.75) is 11.8 Å². The molecule has 0 spiro atoms. The Balaban J connectivity index is 3.03. The minimum absolute atomic E-state index is 0.0424. The van der Waals surface area contributed by atoms with Crippen molar-refractivity contribution in [1.82, 2.24) is 0 Å². The summed E-state index contributed by atoms with van der Waals surface area (Å²) in [6, 6.07) is 0. The number of carbonyl (C=O) groups excluding carboxylic acids is 1. The predicted octanol–water partition coefficient (Wildman–Crippen LogP) is 2.49. The van der Waals surface area contributed by atoms with Crippen molar-refractivity contribution in [2.75, 3.05) is 0 Å². The molecule has 0 bridgehead atoms. The van der Waals surface area contributed by atoms with Crippen molar-refractivity contribution >= 4 is 29.5 Å². The molecule has 0 aromatic rings. The number of alkyl halides is 1. The Morgan fingerprint density at radius 3 is 2.73 bits per heavy atom. The SMILES string of the molecule is CC1C=CC=C(Cl)C1(Cl)C=O. The highest BCUT2D eigenvalue weighted by Crippen LogP contribution is 2.37. The number of halogens is 2. The lowest BCUT2D eigenvalue weighted by Gasteiger charge is -2.27. The lowest BCUT2D eigenvalue weighted by atomic mass is 9.90. The van der Waals surface area contributed by atoms with Gasteiger partial charge < -0.3 is 4.79 Å². The molecular formula is C8H8Cl2O. The van der Waals surface area contributed by atoms with Crippen LogP contribution in [0.1, 0.15) is 6.92 Å². The van der Waals surface area contributed by atoms with Gasteiger partial charge in [0.2, 0.25) is 0 Å². The number of hydrogen-bond acceptors (Lipinski definition) is 1. The zero-order valence-corrected chi connectivity index (χ0v) is 7.56. The van der Waals surface area contributed by atoms with Crippen LogP contribution in [-0.2, 0) is 4.79 Å². The fourth-order valence-corrected chi connectivity index (χ4v) is 1.38. The Labute approximate surface area is 75.7 Å². The van der Waals surface area contributed by atoms with Crippen LogP contribution in [0.5, 0.6) is 0 Å². The van der Waals surface area contributed by atoms with Crippen LogP contribution in [0.3, 0.4) is 0 Å². The molecule has 0 aliphatic heterocycles. The van der Waals surface area contributed by atoms with Crippen LogP contribution < -0.4 is 0 Å². The topological polar surface area (TPSA) is 17.1 Å². The van der Waals surface area contributed by atoms with Gasteiger partial charge in [0.15, 0.2) is 0 Å². The Kier molecular flexibility index (Phi) is 2.40. The van der Waals surface area contributed by atoms with Gasteiger partial charge in [-0.3, -0.25) is 0 Å². The third kappa shape index (κ3) is 1.35. The summed E-state index contributed by atoms with van der Waals surface area (Å²) in [5.41, 5.74) is 0. The maximum Gasteiger partial charge on any atom is 0.146 e. The first-order chi connectivity index (χ1) is 5.11. The molecule has 0 saturated carbocycles. The first-order valence-electron chi connectivity index (χ1n) is 3.31. The molecule has 3 heteroatoms. The zero-order chi connectivity index (χ0) is 8.48. The quantitative estimate of drug-likeness (QED) is 0.459. The summed E-state index contributed by atoms with van der Waals surface area (Å²) in [5, 5.41) is 0.393.